The number of rotatable bonds is 8. The molecule has 0 aromatic heterocycles. The molecule has 35 heavy (non-hydrogen) atoms. The molecule has 1 amide bonds. The highest BCUT2D eigenvalue weighted by Crippen LogP contribution is 2.34. The topological polar surface area (TPSA) is 72.9 Å². The van der Waals surface area contributed by atoms with Gasteiger partial charge in [0.2, 0.25) is 5.91 Å². The van der Waals surface area contributed by atoms with Crippen LogP contribution in [0.5, 0.6) is 5.75 Å². The van der Waals surface area contributed by atoms with Gasteiger partial charge in [-0.1, -0.05) is 48.6 Å². The monoisotopic (exact) mass is 469 g/mol. The lowest BCUT2D eigenvalue weighted by Crippen LogP contribution is -2.40. The molecule has 1 aliphatic rings. The summed E-state index contributed by atoms with van der Waals surface area (Å²) >= 11 is 0. The zero-order chi connectivity index (χ0) is 24.6. The number of amides is 1. The number of ketones is 1. The van der Waals surface area contributed by atoms with E-state index in [2.05, 4.69) is 0 Å². The molecule has 0 N–H and O–H groups in total. The van der Waals surface area contributed by atoms with Crippen LogP contribution in [0.25, 0.3) is 0 Å². The molecule has 0 saturated heterocycles. The van der Waals surface area contributed by atoms with Crippen LogP contribution in [-0.4, -0.2) is 31.4 Å². The smallest absolute Gasteiger partial charge is 0.310 e. The number of para-hydroxylation sites is 2. The molecule has 6 nitrogen and oxygen atoms in total. The van der Waals surface area contributed by atoms with Crippen molar-refractivity contribution in [1.29, 1.82) is 0 Å². The molecule has 0 aliphatic heterocycles. The molecule has 0 heterocycles. The van der Waals surface area contributed by atoms with E-state index in [0.29, 0.717) is 24.2 Å². The Labute approximate surface area is 204 Å². The molecule has 0 spiro atoms. The maximum absolute atomic E-state index is 13.8. The Hall–Kier alpha value is -4.19. The van der Waals surface area contributed by atoms with Crippen molar-refractivity contribution < 1.29 is 23.9 Å². The van der Waals surface area contributed by atoms with Gasteiger partial charge < -0.3 is 9.47 Å². The van der Waals surface area contributed by atoms with Gasteiger partial charge in [-0.05, 0) is 61.4 Å². The van der Waals surface area contributed by atoms with Gasteiger partial charge in [0.1, 0.15) is 5.75 Å². The summed E-state index contributed by atoms with van der Waals surface area (Å²) in [5, 5.41) is 0. The molecule has 6 heteroatoms. The Morgan fingerprint density at radius 1 is 0.771 bits per heavy atom. The summed E-state index contributed by atoms with van der Waals surface area (Å²) in [5.41, 5.74) is 1.87. The predicted octanol–water partition coefficient (Wildman–Crippen LogP) is 5.37. The quantitative estimate of drug-likeness (QED) is 0.252. The number of ether oxygens (including phenoxy) is 2. The standard InChI is InChI=1S/C29H27NO5/c1-34-24-18-16-21(17-19-24)27(31)20-35-29(33)26-15-9-8-14-25(26)28(32)30(22-10-4-2-5-11-22)23-12-6-3-7-13-23/h2-13,16-19,25-26H,14-15,20H2,1H3/t25-,26+/m0/s1. The van der Waals surface area contributed by atoms with E-state index in [1.807, 2.05) is 72.8 Å². The van der Waals surface area contributed by atoms with Crippen LogP contribution >= 0.6 is 0 Å². The summed E-state index contributed by atoms with van der Waals surface area (Å²) in [6.45, 7) is -0.382. The molecule has 3 aromatic carbocycles. The molecule has 0 saturated carbocycles. The van der Waals surface area contributed by atoms with Gasteiger partial charge in [0.15, 0.2) is 12.4 Å². The highest BCUT2D eigenvalue weighted by Gasteiger charge is 2.38. The minimum absolute atomic E-state index is 0.185. The van der Waals surface area contributed by atoms with Gasteiger partial charge in [-0.2, -0.15) is 0 Å². The second kappa shape index (κ2) is 11.3. The van der Waals surface area contributed by atoms with Crippen molar-refractivity contribution in [3.8, 4) is 5.75 Å². The van der Waals surface area contributed by atoms with Crippen LogP contribution in [0.3, 0.4) is 0 Å². The summed E-state index contributed by atoms with van der Waals surface area (Å²) in [4.78, 5) is 41.0. The normalized spacial score (nSPS) is 16.8. The first-order valence-corrected chi connectivity index (χ1v) is 11.5. The third-order valence-electron chi connectivity index (χ3n) is 6.06. The number of carbonyl (C=O) groups excluding carboxylic acids is 3. The average molecular weight is 470 g/mol. The fraction of sp³-hybridized carbons (Fsp3) is 0.207. The molecule has 4 rings (SSSR count). The molecule has 0 unspecified atom stereocenters. The highest BCUT2D eigenvalue weighted by molar-refractivity contribution is 6.04. The van der Waals surface area contributed by atoms with Crippen molar-refractivity contribution in [3.63, 3.8) is 0 Å². The van der Waals surface area contributed by atoms with Gasteiger partial charge in [-0.25, -0.2) is 0 Å². The van der Waals surface area contributed by atoms with Crippen molar-refractivity contribution in [2.45, 2.75) is 12.8 Å². The SMILES string of the molecule is COc1ccc(C(=O)COC(=O)[C@@H]2CC=CC[C@@H]2C(=O)N(c2ccccc2)c2ccccc2)cc1. The zero-order valence-electron chi connectivity index (χ0n) is 19.5. The molecule has 0 radical (unpaired) electrons. The number of nitrogens with zero attached hydrogens (tertiary/aromatic N) is 1. The Morgan fingerprint density at radius 3 is 1.86 bits per heavy atom. The molecule has 0 bridgehead atoms. The summed E-state index contributed by atoms with van der Waals surface area (Å²) in [5.74, 6) is -1.69. The fourth-order valence-electron chi connectivity index (χ4n) is 4.18. The lowest BCUT2D eigenvalue weighted by atomic mass is 9.81. The molecular weight excluding hydrogens is 442 g/mol. The van der Waals surface area contributed by atoms with Crippen molar-refractivity contribution in [1.82, 2.24) is 0 Å². The zero-order valence-corrected chi connectivity index (χ0v) is 19.5. The molecular formula is C29H27NO5. The number of anilines is 2. The van der Waals surface area contributed by atoms with Gasteiger partial charge in [-0.15, -0.1) is 0 Å². The van der Waals surface area contributed by atoms with Gasteiger partial charge in [0.25, 0.3) is 0 Å². The summed E-state index contributed by atoms with van der Waals surface area (Å²) in [7, 11) is 1.55. The number of benzene rings is 3. The Kier molecular flexibility index (Phi) is 7.73. The van der Waals surface area contributed by atoms with Gasteiger partial charge in [-0.3, -0.25) is 19.3 Å². The average Bonchev–Trinajstić information content (AvgIpc) is 2.93. The van der Waals surface area contributed by atoms with Gasteiger partial charge in [0, 0.05) is 16.9 Å². The van der Waals surface area contributed by atoms with Crippen molar-refractivity contribution in [2.24, 2.45) is 11.8 Å². The van der Waals surface area contributed by atoms with E-state index in [4.69, 9.17) is 9.47 Å². The van der Waals surface area contributed by atoms with E-state index in [0.717, 1.165) is 11.4 Å². The molecule has 0 fully saturated rings. The predicted molar refractivity (Wildman–Crippen MR) is 134 cm³/mol. The van der Waals surface area contributed by atoms with Gasteiger partial charge >= 0.3 is 5.97 Å². The van der Waals surface area contributed by atoms with E-state index in [-0.39, 0.29) is 18.3 Å². The van der Waals surface area contributed by atoms with Crippen LogP contribution in [-0.2, 0) is 14.3 Å². The number of hydrogen-bond donors (Lipinski definition) is 0. The second-order valence-electron chi connectivity index (χ2n) is 8.26. The summed E-state index contributed by atoms with van der Waals surface area (Å²) in [6.07, 6.45) is 4.60. The highest BCUT2D eigenvalue weighted by atomic mass is 16.5. The van der Waals surface area contributed by atoms with Crippen molar-refractivity contribution in [2.75, 3.05) is 18.6 Å². The lowest BCUT2D eigenvalue weighted by Gasteiger charge is -2.32. The number of carbonyl (C=O) groups is 3. The van der Waals surface area contributed by atoms with E-state index in [1.54, 1.807) is 36.3 Å². The van der Waals surface area contributed by atoms with Crippen molar-refractivity contribution >= 4 is 29.0 Å². The maximum atomic E-state index is 13.8. The third kappa shape index (κ3) is 5.66. The molecule has 1 aliphatic carbocycles. The Morgan fingerprint density at radius 2 is 1.31 bits per heavy atom. The van der Waals surface area contributed by atoms with Crippen molar-refractivity contribution in [3.05, 3.63) is 103 Å². The van der Waals surface area contributed by atoms with Crippen LogP contribution in [0.2, 0.25) is 0 Å². The number of allylic oxidation sites excluding steroid dienone is 2. The van der Waals surface area contributed by atoms with Gasteiger partial charge in [0.05, 0.1) is 18.9 Å². The lowest BCUT2D eigenvalue weighted by molar-refractivity contribution is -0.151. The first-order valence-electron chi connectivity index (χ1n) is 11.5. The van der Waals surface area contributed by atoms with Crippen LogP contribution in [0.4, 0.5) is 11.4 Å². The minimum Gasteiger partial charge on any atom is -0.497 e. The molecule has 2 atom stereocenters. The van der Waals surface area contributed by atoms with E-state index in [1.165, 1.54) is 0 Å². The number of methoxy groups -OCH3 is 1. The number of esters is 1. The largest absolute Gasteiger partial charge is 0.497 e. The van der Waals surface area contributed by atoms with Crippen LogP contribution < -0.4 is 9.64 Å². The second-order valence-corrected chi connectivity index (χ2v) is 8.26. The molecule has 178 valence electrons. The summed E-state index contributed by atoms with van der Waals surface area (Å²) < 4.78 is 10.5. The fourth-order valence-corrected chi connectivity index (χ4v) is 4.18. The van der Waals surface area contributed by atoms with E-state index >= 15 is 0 Å². The number of hydrogen-bond acceptors (Lipinski definition) is 5. The van der Waals surface area contributed by atoms with Crippen LogP contribution in [0.1, 0.15) is 23.2 Å². The summed E-state index contributed by atoms with van der Waals surface area (Å²) in [6, 6.07) is 25.3. The van der Waals surface area contributed by atoms with Crippen LogP contribution in [0.15, 0.2) is 97.1 Å². The van der Waals surface area contributed by atoms with E-state index < -0.39 is 17.8 Å². The maximum Gasteiger partial charge on any atom is 0.310 e. The third-order valence-corrected chi connectivity index (χ3v) is 6.06. The Balaban J connectivity index is 1.50. The van der Waals surface area contributed by atoms with E-state index in [9.17, 15) is 14.4 Å². The first kappa shape index (κ1) is 24.0. The first-order chi connectivity index (χ1) is 17.1. The molecule has 3 aromatic rings. The number of Topliss-reactive ketones (excluding diaryl/α,β-unsaturated/α-hetero) is 1. The minimum atomic E-state index is -0.675. The van der Waals surface area contributed by atoms with Crippen LogP contribution in [0, 0.1) is 11.8 Å². The Bertz CT molecular complexity index is 1150.